The highest BCUT2D eigenvalue weighted by atomic mass is 16.5. The van der Waals surface area contributed by atoms with E-state index in [1.807, 2.05) is 48.2 Å². The summed E-state index contributed by atoms with van der Waals surface area (Å²) >= 11 is 0. The largest absolute Gasteiger partial charge is 0.497 e. The van der Waals surface area contributed by atoms with Crippen molar-refractivity contribution < 1.29 is 14.3 Å². The second-order valence-electron chi connectivity index (χ2n) is 8.05. The van der Waals surface area contributed by atoms with E-state index < -0.39 is 0 Å². The summed E-state index contributed by atoms with van der Waals surface area (Å²) in [5, 5.41) is 12.9. The van der Waals surface area contributed by atoms with Crippen LogP contribution in [0.2, 0.25) is 0 Å². The summed E-state index contributed by atoms with van der Waals surface area (Å²) in [6, 6.07) is 9.34. The van der Waals surface area contributed by atoms with Gasteiger partial charge in [0.1, 0.15) is 17.2 Å². The molecule has 0 N–H and O–H groups in total. The molecule has 1 amide bonds. The molecule has 174 valence electrons. The fourth-order valence-corrected chi connectivity index (χ4v) is 3.86. The summed E-state index contributed by atoms with van der Waals surface area (Å²) < 4.78 is 12.4. The molecule has 0 unspecified atom stereocenters. The molecule has 0 spiro atoms. The average Bonchev–Trinajstić information content (AvgIpc) is 3.24. The molecule has 3 heterocycles. The number of carbonyl (C=O) groups is 1. The SMILES string of the molecule is COc1ccc(OC)c(-c2cc(C(=O)N3CCN(c4cc(N(C)C)cnn4)CC3)n(C)n2)c1. The molecular formula is C23H29N7O3. The van der Waals surface area contributed by atoms with Crippen molar-refractivity contribution in [2.75, 3.05) is 64.3 Å². The summed E-state index contributed by atoms with van der Waals surface area (Å²) in [4.78, 5) is 19.3. The Balaban J connectivity index is 1.49. The summed E-state index contributed by atoms with van der Waals surface area (Å²) in [6.45, 7) is 2.56. The third-order valence-electron chi connectivity index (χ3n) is 5.82. The van der Waals surface area contributed by atoms with Crippen LogP contribution in [0.25, 0.3) is 11.3 Å². The van der Waals surface area contributed by atoms with Crippen molar-refractivity contribution in [3.8, 4) is 22.8 Å². The lowest BCUT2D eigenvalue weighted by atomic mass is 10.1. The third-order valence-corrected chi connectivity index (χ3v) is 5.82. The zero-order valence-electron chi connectivity index (χ0n) is 19.6. The lowest BCUT2D eigenvalue weighted by Gasteiger charge is -2.35. The molecule has 1 saturated heterocycles. The van der Waals surface area contributed by atoms with E-state index in [1.54, 1.807) is 38.2 Å². The molecule has 0 radical (unpaired) electrons. The number of carbonyl (C=O) groups excluding carboxylic acids is 1. The molecule has 0 aliphatic carbocycles. The van der Waals surface area contributed by atoms with E-state index in [0.29, 0.717) is 49.1 Å². The molecule has 3 aromatic rings. The van der Waals surface area contributed by atoms with Gasteiger partial charge in [0.05, 0.1) is 31.8 Å². The Labute approximate surface area is 193 Å². The van der Waals surface area contributed by atoms with Crippen LogP contribution >= 0.6 is 0 Å². The van der Waals surface area contributed by atoms with Crippen molar-refractivity contribution in [1.82, 2.24) is 24.9 Å². The minimum atomic E-state index is -0.0501. The van der Waals surface area contributed by atoms with E-state index in [-0.39, 0.29) is 5.91 Å². The molecule has 1 aliphatic heterocycles. The van der Waals surface area contributed by atoms with Crippen LogP contribution in [-0.2, 0) is 7.05 Å². The van der Waals surface area contributed by atoms with E-state index in [2.05, 4.69) is 20.2 Å². The number of hydrogen-bond donors (Lipinski definition) is 0. The molecule has 0 saturated carbocycles. The molecule has 4 rings (SSSR count). The Morgan fingerprint density at radius 2 is 1.79 bits per heavy atom. The monoisotopic (exact) mass is 451 g/mol. The maximum Gasteiger partial charge on any atom is 0.272 e. The number of ether oxygens (including phenoxy) is 2. The molecule has 33 heavy (non-hydrogen) atoms. The number of piperazine rings is 1. The van der Waals surface area contributed by atoms with Gasteiger partial charge in [-0.3, -0.25) is 9.48 Å². The highest BCUT2D eigenvalue weighted by Gasteiger charge is 2.26. The zero-order chi connectivity index (χ0) is 23.5. The van der Waals surface area contributed by atoms with E-state index in [1.165, 1.54) is 0 Å². The lowest BCUT2D eigenvalue weighted by Crippen LogP contribution is -2.49. The van der Waals surface area contributed by atoms with Gasteiger partial charge in [-0.15, -0.1) is 5.10 Å². The molecule has 10 heteroatoms. The highest BCUT2D eigenvalue weighted by Crippen LogP contribution is 2.33. The minimum Gasteiger partial charge on any atom is -0.497 e. The predicted molar refractivity (Wildman–Crippen MR) is 126 cm³/mol. The van der Waals surface area contributed by atoms with Crippen molar-refractivity contribution in [2.45, 2.75) is 0 Å². The Morgan fingerprint density at radius 3 is 2.45 bits per heavy atom. The van der Waals surface area contributed by atoms with Gasteiger partial charge in [-0.1, -0.05) is 0 Å². The van der Waals surface area contributed by atoms with Gasteiger partial charge in [0, 0.05) is 59.0 Å². The molecular weight excluding hydrogens is 422 g/mol. The number of anilines is 2. The van der Waals surface area contributed by atoms with Crippen LogP contribution in [0, 0.1) is 0 Å². The number of aromatic nitrogens is 4. The fraction of sp³-hybridized carbons (Fsp3) is 0.391. The lowest BCUT2D eigenvalue weighted by molar-refractivity contribution is 0.0735. The number of nitrogens with zero attached hydrogens (tertiary/aromatic N) is 7. The first-order chi connectivity index (χ1) is 15.9. The minimum absolute atomic E-state index is 0.0501. The third kappa shape index (κ3) is 4.55. The molecule has 0 atom stereocenters. The van der Waals surface area contributed by atoms with Crippen LogP contribution in [-0.4, -0.2) is 85.3 Å². The average molecular weight is 452 g/mol. The first-order valence-corrected chi connectivity index (χ1v) is 10.7. The summed E-state index contributed by atoms with van der Waals surface area (Å²) in [5.74, 6) is 2.14. The maximum atomic E-state index is 13.3. The summed E-state index contributed by atoms with van der Waals surface area (Å²) in [7, 11) is 8.95. The van der Waals surface area contributed by atoms with E-state index >= 15 is 0 Å². The van der Waals surface area contributed by atoms with Crippen molar-refractivity contribution in [3.63, 3.8) is 0 Å². The number of amides is 1. The van der Waals surface area contributed by atoms with Crippen LogP contribution in [0.4, 0.5) is 11.5 Å². The Hall–Kier alpha value is -3.82. The Kier molecular flexibility index (Phi) is 6.34. The highest BCUT2D eigenvalue weighted by molar-refractivity contribution is 5.94. The predicted octanol–water partition coefficient (Wildman–Crippen LogP) is 1.92. The van der Waals surface area contributed by atoms with E-state index in [4.69, 9.17) is 9.47 Å². The van der Waals surface area contributed by atoms with Crippen LogP contribution < -0.4 is 19.3 Å². The van der Waals surface area contributed by atoms with Crippen LogP contribution in [0.15, 0.2) is 36.5 Å². The smallest absolute Gasteiger partial charge is 0.272 e. The fourth-order valence-electron chi connectivity index (χ4n) is 3.86. The number of benzene rings is 1. The van der Waals surface area contributed by atoms with Crippen molar-refractivity contribution >= 4 is 17.4 Å². The quantitative estimate of drug-likeness (QED) is 0.562. The van der Waals surface area contributed by atoms with Crippen molar-refractivity contribution in [2.24, 2.45) is 7.05 Å². The molecule has 1 aromatic carbocycles. The normalized spacial score (nSPS) is 13.7. The maximum absolute atomic E-state index is 13.3. The number of aryl methyl sites for hydroxylation is 1. The zero-order valence-corrected chi connectivity index (χ0v) is 19.6. The van der Waals surface area contributed by atoms with Gasteiger partial charge in [0.15, 0.2) is 5.82 Å². The molecule has 0 bridgehead atoms. The number of methoxy groups -OCH3 is 2. The van der Waals surface area contributed by atoms with Crippen molar-refractivity contribution in [3.05, 3.63) is 42.2 Å². The van der Waals surface area contributed by atoms with Crippen molar-refractivity contribution in [1.29, 1.82) is 0 Å². The topological polar surface area (TPSA) is 88.9 Å². The van der Waals surface area contributed by atoms with Gasteiger partial charge in [0.2, 0.25) is 0 Å². The molecule has 1 aliphatic rings. The first kappa shape index (κ1) is 22.4. The summed E-state index contributed by atoms with van der Waals surface area (Å²) in [6.07, 6.45) is 1.74. The van der Waals surface area contributed by atoms with Gasteiger partial charge in [-0.05, 0) is 24.3 Å². The number of hydrogen-bond acceptors (Lipinski definition) is 8. The number of rotatable bonds is 6. The van der Waals surface area contributed by atoms with Crippen LogP contribution in [0.3, 0.4) is 0 Å². The first-order valence-electron chi connectivity index (χ1n) is 10.7. The van der Waals surface area contributed by atoms with Crippen LogP contribution in [0.5, 0.6) is 11.5 Å². The molecule has 1 fully saturated rings. The standard InChI is InChI=1S/C23H29N7O3/c1-27(2)16-12-22(25-24-15-16)29-8-10-30(11-9-29)23(31)20-14-19(26-28(20)3)18-13-17(32-4)6-7-21(18)33-5/h6-7,12-15H,8-11H2,1-5H3. The Morgan fingerprint density at radius 1 is 1.03 bits per heavy atom. The van der Waals surface area contributed by atoms with E-state index in [9.17, 15) is 4.79 Å². The van der Waals surface area contributed by atoms with Gasteiger partial charge >= 0.3 is 0 Å². The van der Waals surface area contributed by atoms with Gasteiger partial charge in [-0.25, -0.2) is 0 Å². The summed E-state index contributed by atoms with van der Waals surface area (Å²) in [5.41, 5.74) is 2.95. The van der Waals surface area contributed by atoms with E-state index in [0.717, 1.165) is 17.1 Å². The van der Waals surface area contributed by atoms with Gasteiger partial charge in [0.25, 0.3) is 5.91 Å². The molecule has 2 aromatic heterocycles. The molecule has 10 nitrogen and oxygen atoms in total. The Bertz CT molecular complexity index is 1140. The van der Waals surface area contributed by atoms with Gasteiger partial charge < -0.3 is 24.2 Å². The van der Waals surface area contributed by atoms with Gasteiger partial charge in [-0.2, -0.15) is 10.2 Å². The second-order valence-corrected chi connectivity index (χ2v) is 8.05. The van der Waals surface area contributed by atoms with Crippen LogP contribution in [0.1, 0.15) is 10.5 Å². The second kappa shape index (κ2) is 9.35.